The van der Waals surface area contributed by atoms with Gasteiger partial charge in [0.15, 0.2) is 0 Å². The Morgan fingerprint density at radius 3 is 2.78 bits per heavy atom. The lowest BCUT2D eigenvalue weighted by Crippen LogP contribution is -2.30. The summed E-state index contributed by atoms with van der Waals surface area (Å²) in [5, 5.41) is 0.824. The Morgan fingerprint density at radius 2 is 2.04 bits per heavy atom. The molecule has 0 bridgehead atoms. The number of primary amides is 1. The van der Waals surface area contributed by atoms with Crippen LogP contribution in [0.3, 0.4) is 0 Å². The molecule has 0 spiro atoms. The number of carbonyl (C=O) groups is 1. The highest BCUT2D eigenvalue weighted by atomic mass is 16.1. The topological polar surface area (TPSA) is 62.5 Å². The molecule has 1 atom stereocenters. The number of benzene rings is 1. The number of rotatable bonds is 3. The van der Waals surface area contributed by atoms with Crippen molar-refractivity contribution in [1.29, 1.82) is 0 Å². The number of fused-ring (bicyclic) bond motifs is 1. The average molecular weight is 312 g/mol. The van der Waals surface area contributed by atoms with Gasteiger partial charge in [-0.15, -0.1) is 0 Å². The van der Waals surface area contributed by atoms with Crippen LogP contribution in [0.2, 0.25) is 0 Å². The van der Waals surface area contributed by atoms with Crippen LogP contribution in [-0.4, -0.2) is 49.0 Å². The number of hydrogen-bond donors (Lipinski definition) is 1. The van der Waals surface area contributed by atoms with Crippen LogP contribution in [0.1, 0.15) is 29.6 Å². The van der Waals surface area contributed by atoms with Crippen molar-refractivity contribution in [2.24, 2.45) is 5.73 Å². The van der Waals surface area contributed by atoms with Gasteiger partial charge in [-0.25, -0.2) is 4.98 Å². The van der Waals surface area contributed by atoms with Gasteiger partial charge in [0, 0.05) is 24.5 Å². The fourth-order valence-corrected chi connectivity index (χ4v) is 3.35. The van der Waals surface area contributed by atoms with E-state index in [-0.39, 0.29) is 0 Å². The Labute approximate surface area is 137 Å². The molecule has 1 amide bonds. The number of aromatic nitrogens is 1. The van der Waals surface area contributed by atoms with Crippen LogP contribution < -0.4 is 10.6 Å². The number of nitrogens with two attached hydrogens (primary N) is 1. The van der Waals surface area contributed by atoms with Crippen molar-refractivity contribution >= 4 is 22.6 Å². The quantitative estimate of drug-likeness (QED) is 0.944. The molecule has 122 valence electrons. The lowest BCUT2D eigenvalue weighted by molar-refractivity contribution is 0.100. The van der Waals surface area contributed by atoms with Crippen LogP contribution in [0.15, 0.2) is 30.3 Å². The Balaban J connectivity index is 1.95. The molecule has 0 saturated carbocycles. The van der Waals surface area contributed by atoms with Gasteiger partial charge >= 0.3 is 0 Å². The van der Waals surface area contributed by atoms with E-state index in [1.54, 1.807) is 0 Å². The maximum Gasteiger partial charge on any atom is 0.249 e. The zero-order chi connectivity index (χ0) is 16.4. The first-order valence-corrected chi connectivity index (χ1v) is 8.17. The number of amides is 1. The summed E-state index contributed by atoms with van der Waals surface area (Å²) < 4.78 is 0. The molecule has 3 rings (SSSR count). The molecular weight excluding hydrogens is 288 g/mol. The van der Waals surface area contributed by atoms with E-state index in [1.165, 1.54) is 6.42 Å². The first kappa shape index (κ1) is 15.7. The molecule has 1 aliphatic heterocycles. The molecule has 1 aliphatic rings. The van der Waals surface area contributed by atoms with Crippen molar-refractivity contribution in [1.82, 2.24) is 9.88 Å². The SMILES string of the molecule is CN(C)C1CCCN(c2cc(C(N)=O)c3ccccc3n2)CC1. The van der Waals surface area contributed by atoms with E-state index < -0.39 is 5.91 Å². The van der Waals surface area contributed by atoms with Gasteiger partial charge < -0.3 is 15.5 Å². The predicted molar refractivity (Wildman–Crippen MR) is 93.8 cm³/mol. The minimum Gasteiger partial charge on any atom is -0.366 e. The number of para-hydroxylation sites is 1. The Morgan fingerprint density at radius 1 is 1.26 bits per heavy atom. The van der Waals surface area contributed by atoms with Crippen molar-refractivity contribution in [3.05, 3.63) is 35.9 Å². The number of anilines is 1. The van der Waals surface area contributed by atoms with Crippen molar-refractivity contribution in [3.8, 4) is 0 Å². The Hall–Kier alpha value is -2.14. The lowest BCUT2D eigenvalue weighted by Gasteiger charge is -2.24. The third-order valence-corrected chi connectivity index (χ3v) is 4.72. The molecule has 1 fully saturated rings. The van der Waals surface area contributed by atoms with E-state index in [1.807, 2.05) is 30.3 Å². The van der Waals surface area contributed by atoms with Crippen molar-refractivity contribution < 1.29 is 4.79 Å². The van der Waals surface area contributed by atoms with Gasteiger partial charge in [-0.3, -0.25) is 4.79 Å². The maximum absolute atomic E-state index is 11.8. The smallest absolute Gasteiger partial charge is 0.249 e. The standard InChI is InChI=1S/C18H24N4O/c1-21(2)13-6-5-10-22(11-9-13)17-12-15(18(19)23)14-7-3-4-8-16(14)20-17/h3-4,7-8,12-13H,5-6,9-11H2,1-2H3,(H2,19,23). The minimum atomic E-state index is -0.397. The maximum atomic E-state index is 11.8. The molecule has 0 aliphatic carbocycles. The van der Waals surface area contributed by atoms with Crippen LogP contribution in [0.4, 0.5) is 5.82 Å². The number of pyridine rings is 1. The summed E-state index contributed by atoms with van der Waals surface area (Å²) >= 11 is 0. The van der Waals surface area contributed by atoms with Crippen molar-refractivity contribution in [3.63, 3.8) is 0 Å². The summed E-state index contributed by atoms with van der Waals surface area (Å²) in [6, 6.07) is 10.1. The number of hydrogen-bond acceptors (Lipinski definition) is 4. The first-order chi connectivity index (χ1) is 11.1. The molecule has 1 aromatic carbocycles. The van der Waals surface area contributed by atoms with E-state index in [4.69, 9.17) is 10.7 Å². The fourth-order valence-electron chi connectivity index (χ4n) is 3.35. The number of carbonyl (C=O) groups excluding carboxylic acids is 1. The second-order valence-corrected chi connectivity index (χ2v) is 6.44. The van der Waals surface area contributed by atoms with E-state index >= 15 is 0 Å². The van der Waals surface area contributed by atoms with Gasteiger partial charge in [0.25, 0.3) is 0 Å². The largest absolute Gasteiger partial charge is 0.366 e. The molecule has 5 nitrogen and oxygen atoms in total. The zero-order valence-corrected chi connectivity index (χ0v) is 13.8. The van der Waals surface area contributed by atoms with Crippen molar-refractivity contribution in [2.45, 2.75) is 25.3 Å². The molecule has 23 heavy (non-hydrogen) atoms. The molecule has 5 heteroatoms. The summed E-state index contributed by atoms with van der Waals surface area (Å²) in [6.45, 7) is 1.92. The normalized spacial score (nSPS) is 19.1. The summed E-state index contributed by atoms with van der Waals surface area (Å²) in [5.41, 5.74) is 6.96. The van der Waals surface area contributed by atoms with E-state index in [0.717, 1.165) is 42.7 Å². The summed E-state index contributed by atoms with van der Waals surface area (Å²) in [7, 11) is 4.28. The molecule has 0 radical (unpaired) electrons. The van der Waals surface area contributed by atoms with Gasteiger partial charge in [0.1, 0.15) is 5.82 Å². The lowest BCUT2D eigenvalue weighted by atomic mass is 10.1. The fraction of sp³-hybridized carbons (Fsp3) is 0.444. The molecule has 2 heterocycles. The second-order valence-electron chi connectivity index (χ2n) is 6.44. The van der Waals surface area contributed by atoms with Crippen LogP contribution in [0, 0.1) is 0 Å². The molecule has 1 saturated heterocycles. The highest BCUT2D eigenvalue weighted by Crippen LogP contribution is 2.25. The van der Waals surface area contributed by atoms with Crippen LogP contribution in [0.5, 0.6) is 0 Å². The molecule has 2 N–H and O–H groups in total. The Kier molecular flexibility index (Phi) is 4.48. The summed E-state index contributed by atoms with van der Waals surface area (Å²) in [5.74, 6) is 0.461. The third kappa shape index (κ3) is 3.29. The highest BCUT2D eigenvalue weighted by molar-refractivity contribution is 6.06. The van der Waals surface area contributed by atoms with Crippen LogP contribution in [0.25, 0.3) is 10.9 Å². The zero-order valence-electron chi connectivity index (χ0n) is 13.8. The van der Waals surface area contributed by atoms with Gasteiger partial charge in [-0.1, -0.05) is 18.2 Å². The first-order valence-electron chi connectivity index (χ1n) is 8.17. The predicted octanol–water partition coefficient (Wildman–Crippen LogP) is 2.25. The van der Waals surface area contributed by atoms with Crippen LogP contribution in [-0.2, 0) is 0 Å². The van der Waals surface area contributed by atoms with Crippen LogP contribution >= 0.6 is 0 Å². The third-order valence-electron chi connectivity index (χ3n) is 4.72. The van der Waals surface area contributed by atoms with Gasteiger partial charge in [-0.05, 0) is 45.5 Å². The summed E-state index contributed by atoms with van der Waals surface area (Å²) in [4.78, 5) is 21.2. The van der Waals surface area contributed by atoms with E-state index in [9.17, 15) is 4.79 Å². The number of nitrogens with zero attached hydrogens (tertiary/aromatic N) is 3. The monoisotopic (exact) mass is 312 g/mol. The van der Waals surface area contributed by atoms with Crippen molar-refractivity contribution in [2.75, 3.05) is 32.1 Å². The van der Waals surface area contributed by atoms with Gasteiger partial charge in [0.05, 0.1) is 11.1 Å². The molecule has 2 aromatic rings. The highest BCUT2D eigenvalue weighted by Gasteiger charge is 2.20. The van der Waals surface area contributed by atoms with Gasteiger partial charge in [-0.2, -0.15) is 0 Å². The Bertz CT molecular complexity index is 713. The molecule has 1 aromatic heterocycles. The van der Waals surface area contributed by atoms with E-state index in [0.29, 0.717) is 11.6 Å². The van der Waals surface area contributed by atoms with Gasteiger partial charge in [0.2, 0.25) is 5.91 Å². The average Bonchev–Trinajstić information content (AvgIpc) is 2.79. The minimum absolute atomic E-state index is 0.397. The second kappa shape index (κ2) is 6.54. The summed E-state index contributed by atoms with van der Waals surface area (Å²) in [6.07, 6.45) is 3.43. The van der Waals surface area contributed by atoms with E-state index in [2.05, 4.69) is 23.9 Å². The molecular formula is C18H24N4O. The molecule has 1 unspecified atom stereocenters.